The first-order valence-electron chi connectivity index (χ1n) is 3.46. The molecule has 0 bridgehead atoms. The van der Waals surface area contributed by atoms with Crippen LogP contribution >= 0.6 is 11.6 Å². The molecule has 0 heterocycles. The van der Waals surface area contributed by atoms with Gasteiger partial charge >= 0.3 is 0 Å². The third-order valence-electron chi connectivity index (χ3n) is 0.872. The number of aliphatic hydroxyl groups is 4. The first kappa shape index (κ1) is 23.7. The Bertz CT molecular complexity index is 75.0. The summed E-state index contributed by atoms with van der Waals surface area (Å²) >= 11 is 5.04. The Balaban J connectivity index is -0.0000000370. The van der Waals surface area contributed by atoms with Gasteiger partial charge in [-0.1, -0.05) is 14.9 Å². The molecule has 0 aliphatic rings. The first-order chi connectivity index (χ1) is 5.62. The Morgan fingerprint density at radius 3 is 1.43 bits per heavy atom. The predicted molar refractivity (Wildman–Crippen MR) is 61.5 cm³/mol. The SMILES string of the molecule is C.C.NCC(O)CO.OCC(O)CCl.[2HH]. The second kappa shape index (κ2) is 18.8. The van der Waals surface area contributed by atoms with E-state index in [2.05, 4.69) is 0 Å². The van der Waals surface area contributed by atoms with Crippen molar-refractivity contribution in [2.45, 2.75) is 27.1 Å². The minimum absolute atomic E-state index is 0. The molecule has 6 N–H and O–H groups in total. The van der Waals surface area contributed by atoms with Crippen molar-refractivity contribution in [1.82, 2.24) is 0 Å². The molecule has 14 heavy (non-hydrogen) atoms. The van der Waals surface area contributed by atoms with Gasteiger partial charge in [0, 0.05) is 7.97 Å². The molecule has 0 saturated carbocycles. The van der Waals surface area contributed by atoms with Gasteiger partial charge in [0.1, 0.15) is 0 Å². The van der Waals surface area contributed by atoms with E-state index >= 15 is 0 Å². The summed E-state index contributed by atoms with van der Waals surface area (Å²) in [5.74, 6) is 0.108. The molecule has 0 aliphatic carbocycles. The maximum Gasteiger partial charge on any atom is 0.0905 e. The van der Waals surface area contributed by atoms with E-state index in [1.54, 1.807) is 0 Å². The lowest BCUT2D eigenvalue weighted by Crippen LogP contribution is -2.22. The van der Waals surface area contributed by atoms with Gasteiger partial charge in [-0.3, -0.25) is 0 Å². The van der Waals surface area contributed by atoms with Crippen molar-refractivity contribution in [3.8, 4) is 0 Å². The zero-order valence-corrected chi connectivity index (χ0v) is 7.48. The highest BCUT2D eigenvalue weighted by molar-refractivity contribution is 6.18. The van der Waals surface area contributed by atoms with E-state index in [-0.39, 0.29) is 41.9 Å². The van der Waals surface area contributed by atoms with Crippen LogP contribution in [0.1, 0.15) is 16.3 Å². The number of aliphatic hydroxyl groups excluding tert-OH is 4. The molecule has 6 heteroatoms. The molecule has 2 unspecified atom stereocenters. The molecule has 2 atom stereocenters. The number of alkyl halides is 1. The fourth-order valence-corrected chi connectivity index (χ4v) is 0.221. The zero-order chi connectivity index (χ0) is 9.98. The molecule has 0 aromatic carbocycles. The van der Waals surface area contributed by atoms with Crippen LogP contribution < -0.4 is 5.73 Å². The van der Waals surface area contributed by atoms with Gasteiger partial charge in [-0.15, -0.1) is 11.6 Å². The summed E-state index contributed by atoms with van der Waals surface area (Å²) in [6.07, 6.45) is -1.48. The van der Waals surface area contributed by atoms with E-state index in [1.165, 1.54) is 0 Å². The number of hydrogen-bond donors (Lipinski definition) is 5. The Kier molecular flexibility index (Phi) is 31.8. The molecule has 0 aromatic rings. The van der Waals surface area contributed by atoms with E-state index in [4.69, 9.17) is 37.8 Å². The van der Waals surface area contributed by atoms with Crippen LogP contribution in [0.2, 0.25) is 0 Å². The largest absolute Gasteiger partial charge is 0.394 e. The molecule has 0 rings (SSSR count). The summed E-state index contributed by atoms with van der Waals surface area (Å²) in [6, 6.07) is 0. The highest BCUT2D eigenvalue weighted by Crippen LogP contribution is 1.81. The van der Waals surface area contributed by atoms with Crippen molar-refractivity contribution in [3.63, 3.8) is 0 Å². The highest BCUT2D eigenvalue weighted by Gasteiger charge is 1.94. The summed E-state index contributed by atoms with van der Waals surface area (Å²) in [7, 11) is 0. The lowest BCUT2D eigenvalue weighted by molar-refractivity contribution is 0.102. The second-order valence-corrected chi connectivity index (χ2v) is 2.37. The predicted octanol–water partition coefficient (Wildman–Crippen LogP) is -0.605. The maximum absolute atomic E-state index is 8.29. The fraction of sp³-hybridized carbons (Fsp3) is 1.00. The van der Waals surface area contributed by atoms with Crippen LogP contribution in [0, 0.1) is 0 Å². The minimum Gasteiger partial charge on any atom is -0.394 e. The van der Waals surface area contributed by atoms with E-state index in [9.17, 15) is 0 Å². The summed E-state index contributed by atoms with van der Waals surface area (Å²) in [6.45, 7) is -0.351. The van der Waals surface area contributed by atoms with Crippen molar-refractivity contribution in [1.29, 1.82) is 0 Å². The molecule has 94 valence electrons. The molecule has 0 amide bonds. The van der Waals surface area contributed by atoms with E-state index in [0.29, 0.717) is 0 Å². The van der Waals surface area contributed by atoms with E-state index in [0.717, 1.165) is 0 Å². The number of hydrogen-bond acceptors (Lipinski definition) is 5. The number of nitrogens with two attached hydrogens (primary N) is 1. The molecular formula is C8H26ClNO4. The minimum atomic E-state index is -0.744. The molecular weight excluding hydrogens is 210 g/mol. The average Bonchev–Trinajstić information content (AvgIpc) is 2.16. The summed E-state index contributed by atoms with van der Waals surface area (Å²) in [5, 5.41) is 32.6. The number of rotatable bonds is 4. The smallest absolute Gasteiger partial charge is 0.0905 e. The average molecular weight is 237 g/mol. The standard InChI is InChI=1S/C3H7ClO2.C3H9NO2.2CH4.H2/c2*4-1-3(6)2-5;;;/h3,5-6H,1-2H2;3,5-6H,1-2,4H2;2*1H4;1H/i;;;;1+1. The van der Waals surface area contributed by atoms with Gasteiger partial charge in [0.2, 0.25) is 0 Å². The summed E-state index contributed by atoms with van der Waals surface area (Å²) in [4.78, 5) is 0. The van der Waals surface area contributed by atoms with Gasteiger partial charge in [-0.25, -0.2) is 0 Å². The third-order valence-corrected chi connectivity index (χ3v) is 1.23. The van der Waals surface area contributed by atoms with Crippen molar-refractivity contribution >= 4 is 11.6 Å². The monoisotopic (exact) mass is 236 g/mol. The summed E-state index contributed by atoms with van der Waals surface area (Å²) < 4.78 is 0. The fourth-order valence-electron chi connectivity index (χ4n) is 0.123. The second-order valence-electron chi connectivity index (χ2n) is 2.06. The van der Waals surface area contributed by atoms with E-state index < -0.39 is 12.2 Å². The maximum atomic E-state index is 8.29. The van der Waals surface area contributed by atoms with Crippen LogP contribution in [-0.2, 0) is 0 Å². The molecule has 0 spiro atoms. The molecule has 0 fully saturated rings. The number of halogens is 1. The van der Waals surface area contributed by atoms with Gasteiger partial charge in [0.15, 0.2) is 0 Å². The topological polar surface area (TPSA) is 107 Å². The molecule has 0 radical (unpaired) electrons. The Hall–Kier alpha value is 0.0900. The van der Waals surface area contributed by atoms with Crippen molar-refractivity contribution in [3.05, 3.63) is 0 Å². The quantitative estimate of drug-likeness (QED) is 0.419. The van der Waals surface area contributed by atoms with Crippen LogP contribution in [0.4, 0.5) is 0 Å². The van der Waals surface area contributed by atoms with Crippen molar-refractivity contribution < 1.29 is 21.9 Å². The van der Waals surface area contributed by atoms with Gasteiger partial charge < -0.3 is 26.2 Å². The Morgan fingerprint density at radius 1 is 1.07 bits per heavy atom. The Labute approximate surface area is 92.6 Å². The first-order valence-corrected chi connectivity index (χ1v) is 3.99. The van der Waals surface area contributed by atoms with Crippen molar-refractivity contribution in [2.24, 2.45) is 5.73 Å². The lowest BCUT2D eigenvalue weighted by atomic mass is 10.4. The van der Waals surface area contributed by atoms with Crippen LogP contribution in [0.25, 0.3) is 0 Å². The lowest BCUT2D eigenvalue weighted by Gasteiger charge is -1.97. The highest BCUT2D eigenvalue weighted by atomic mass is 35.5. The van der Waals surface area contributed by atoms with Gasteiger partial charge in [-0.05, 0) is 0 Å². The van der Waals surface area contributed by atoms with E-state index in [1.807, 2.05) is 0 Å². The molecule has 5 nitrogen and oxygen atoms in total. The van der Waals surface area contributed by atoms with Crippen LogP contribution in [0.3, 0.4) is 0 Å². The van der Waals surface area contributed by atoms with Crippen molar-refractivity contribution in [2.75, 3.05) is 25.6 Å². The zero-order valence-electron chi connectivity index (χ0n) is 6.73. The van der Waals surface area contributed by atoms with Gasteiger partial charge in [0.05, 0.1) is 31.3 Å². The van der Waals surface area contributed by atoms with Crippen LogP contribution in [-0.4, -0.2) is 58.3 Å². The van der Waals surface area contributed by atoms with Crippen LogP contribution in [0.5, 0.6) is 0 Å². The van der Waals surface area contributed by atoms with Gasteiger partial charge in [0.25, 0.3) is 0 Å². The summed E-state index contributed by atoms with van der Waals surface area (Å²) in [5.41, 5.74) is 4.87. The normalized spacial score (nSPS) is 12.4. The van der Waals surface area contributed by atoms with Gasteiger partial charge in [-0.2, -0.15) is 0 Å². The Morgan fingerprint density at radius 2 is 1.43 bits per heavy atom. The molecule has 0 aliphatic heterocycles. The molecule has 0 saturated heterocycles. The molecule has 0 aromatic heterocycles. The third kappa shape index (κ3) is 22.7. The van der Waals surface area contributed by atoms with Crippen LogP contribution in [0.15, 0.2) is 0 Å².